The molecule has 0 aliphatic heterocycles. The van der Waals surface area contributed by atoms with Crippen molar-refractivity contribution in [3.63, 3.8) is 0 Å². The summed E-state index contributed by atoms with van der Waals surface area (Å²) in [4.78, 5) is 18.2. The molecule has 2 rings (SSSR count). The maximum absolute atomic E-state index is 12.0. The van der Waals surface area contributed by atoms with E-state index >= 15 is 0 Å². The van der Waals surface area contributed by atoms with Crippen LogP contribution in [0.3, 0.4) is 0 Å². The fourth-order valence-corrected chi connectivity index (χ4v) is 2.52. The predicted molar refractivity (Wildman–Crippen MR) is 67.4 cm³/mol. The van der Waals surface area contributed by atoms with Gasteiger partial charge in [-0.3, -0.25) is 4.79 Å². The van der Waals surface area contributed by atoms with E-state index in [0.29, 0.717) is 6.42 Å². The maximum atomic E-state index is 12.0. The summed E-state index contributed by atoms with van der Waals surface area (Å²) in [6.45, 7) is 4.82. The van der Waals surface area contributed by atoms with E-state index in [1.54, 1.807) is 16.0 Å². The molecule has 0 aliphatic rings. The summed E-state index contributed by atoms with van der Waals surface area (Å²) in [5, 5.41) is 4.06. The first-order valence-electron chi connectivity index (χ1n) is 5.73. The van der Waals surface area contributed by atoms with E-state index in [1.165, 1.54) is 11.2 Å². The van der Waals surface area contributed by atoms with Crippen LogP contribution >= 0.6 is 11.3 Å². The van der Waals surface area contributed by atoms with Gasteiger partial charge in [0.25, 0.3) is 0 Å². The quantitative estimate of drug-likeness (QED) is 0.764. The highest BCUT2D eigenvalue weighted by Gasteiger charge is 2.13. The molecule has 0 fully saturated rings. The molecule has 0 atom stereocenters. The van der Waals surface area contributed by atoms with E-state index in [2.05, 4.69) is 17.0 Å². The van der Waals surface area contributed by atoms with Gasteiger partial charge in [-0.05, 0) is 25.5 Å². The van der Waals surface area contributed by atoms with Gasteiger partial charge in [0.2, 0.25) is 0 Å². The monoisotopic (exact) mass is 249 g/mol. The molecule has 2 aromatic rings. The SMILES string of the molecule is CCc1ccc(C(=O)Cc2ncnn2CC)s1. The van der Waals surface area contributed by atoms with Crippen LogP contribution in [0.1, 0.15) is 34.2 Å². The van der Waals surface area contributed by atoms with Crippen molar-refractivity contribution >= 4 is 17.1 Å². The van der Waals surface area contributed by atoms with Gasteiger partial charge in [0.05, 0.1) is 11.3 Å². The van der Waals surface area contributed by atoms with Crippen LogP contribution in [0.4, 0.5) is 0 Å². The number of ketones is 1. The van der Waals surface area contributed by atoms with Gasteiger partial charge in [-0.15, -0.1) is 11.3 Å². The minimum Gasteiger partial charge on any atom is -0.293 e. The largest absolute Gasteiger partial charge is 0.293 e. The first-order chi connectivity index (χ1) is 8.24. The average Bonchev–Trinajstić information content (AvgIpc) is 2.96. The molecule has 2 aromatic heterocycles. The Morgan fingerprint density at radius 1 is 1.41 bits per heavy atom. The second-order valence-electron chi connectivity index (χ2n) is 3.71. The van der Waals surface area contributed by atoms with Crippen molar-refractivity contribution < 1.29 is 4.79 Å². The molecule has 2 heterocycles. The van der Waals surface area contributed by atoms with Crippen molar-refractivity contribution in [2.24, 2.45) is 0 Å². The zero-order valence-electron chi connectivity index (χ0n) is 10.0. The predicted octanol–water partition coefficient (Wildman–Crippen LogP) is 2.35. The van der Waals surface area contributed by atoms with Crippen LogP contribution in [0.25, 0.3) is 0 Å². The number of nitrogens with zero attached hydrogens (tertiary/aromatic N) is 3. The number of aryl methyl sites for hydroxylation is 2. The number of hydrogen-bond acceptors (Lipinski definition) is 4. The Morgan fingerprint density at radius 2 is 2.24 bits per heavy atom. The lowest BCUT2D eigenvalue weighted by Crippen LogP contribution is -2.09. The summed E-state index contributed by atoms with van der Waals surface area (Å²) in [5.41, 5.74) is 0. The van der Waals surface area contributed by atoms with Crippen LogP contribution in [-0.2, 0) is 19.4 Å². The van der Waals surface area contributed by atoms with Crippen LogP contribution in [0, 0.1) is 0 Å². The van der Waals surface area contributed by atoms with Crippen LogP contribution in [-0.4, -0.2) is 20.5 Å². The van der Waals surface area contributed by atoms with E-state index in [4.69, 9.17) is 0 Å². The standard InChI is InChI=1S/C12H15N3OS/c1-3-9-5-6-11(17-9)10(16)7-12-13-8-14-15(12)4-2/h5-6,8H,3-4,7H2,1-2H3. The molecule has 0 unspecified atom stereocenters. The van der Waals surface area contributed by atoms with Crippen LogP contribution in [0.2, 0.25) is 0 Å². The Morgan fingerprint density at radius 3 is 2.88 bits per heavy atom. The fraction of sp³-hybridized carbons (Fsp3) is 0.417. The van der Waals surface area contributed by atoms with Crippen molar-refractivity contribution in [2.75, 3.05) is 0 Å². The lowest BCUT2D eigenvalue weighted by molar-refractivity contribution is 0.0993. The van der Waals surface area contributed by atoms with Gasteiger partial charge in [0.1, 0.15) is 12.2 Å². The van der Waals surface area contributed by atoms with Crippen molar-refractivity contribution in [3.05, 3.63) is 34.0 Å². The molecule has 0 aliphatic carbocycles. The van der Waals surface area contributed by atoms with Gasteiger partial charge in [0.15, 0.2) is 5.78 Å². The van der Waals surface area contributed by atoms with Crippen LogP contribution < -0.4 is 0 Å². The molecule has 0 saturated carbocycles. The number of aromatic nitrogens is 3. The third kappa shape index (κ3) is 2.61. The van der Waals surface area contributed by atoms with Crippen molar-refractivity contribution in [1.82, 2.24) is 14.8 Å². The van der Waals surface area contributed by atoms with Crippen LogP contribution in [0.5, 0.6) is 0 Å². The number of hydrogen-bond donors (Lipinski definition) is 0. The molecule has 0 amide bonds. The summed E-state index contributed by atoms with van der Waals surface area (Å²) in [7, 11) is 0. The summed E-state index contributed by atoms with van der Waals surface area (Å²) in [6.07, 6.45) is 2.80. The number of carbonyl (C=O) groups is 1. The van der Waals surface area contributed by atoms with E-state index in [0.717, 1.165) is 23.7 Å². The van der Waals surface area contributed by atoms with Gasteiger partial charge in [-0.2, -0.15) is 5.10 Å². The molecule has 0 saturated heterocycles. The van der Waals surface area contributed by atoms with Crippen molar-refractivity contribution in [3.8, 4) is 0 Å². The van der Waals surface area contributed by atoms with Gasteiger partial charge in [-0.1, -0.05) is 6.92 Å². The van der Waals surface area contributed by atoms with Gasteiger partial charge < -0.3 is 0 Å². The summed E-state index contributed by atoms with van der Waals surface area (Å²) in [5.74, 6) is 0.862. The third-order valence-corrected chi connectivity index (χ3v) is 3.87. The Kier molecular flexibility index (Phi) is 3.68. The highest BCUT2D eigenvalue weighted by Crippen LogP contribution is 2.18. The smallest absolute Gasteiger partial charge is 0.180 e. The van der Waals surface area contributed by atoms with Crippen LogP contribution in [0.15, 0.2) is 18.5 Å². The highest BCUT2D eigenvalue weighted by atomic mass is 32.1. The van der Waals surface area contributed by atoms with Crippen molar-refractivity contribution in [1.29, 1.82) is 0 Å². The molecule has 0 aromatic carbocycles. The summed E-state index contributed by atoms with van der Waals surface area (Å²) in [6, 6.07) is 3.92. The number of Topliss-reactive ketones (excluding diaryl/α,β-unsaturated/α-hetero) is 1. The molecule has 0 radical (unpaired) electrons. The van der Waals surface area contributed by atoms with Gasteiger partial charge >= 0.3 is 0 Å². The zero-order valence-corrected chi connectivity index (χ0v) is 10.8. The molecule has 17 heavy (non-hydrogen) atoms. The third-order valence-electron chi connectivity index (χ3n) is 2.60. The molecule has 5 heteroatoms. The average molecular weight is 249 g/mol. The molecule has 4 nitrogen and oxygen atoms in total. The van der Waals surface area contributed by atoms with E-state index in [1.807, 2.05) is 19.1 Å². The Hall–Kier alpha value is -1.49. The lowest BCUT2D eigenvalue weighted by atomic mass is 10.2. The molecule has 90 valence electrons. The van der Waals surface area contributed by atoms with E-state index < -0.39 is 0 Å². The topological polar surface area (TPSA) is 47.8 Å². The number of thiophene rings is 1. The fourth-order valence-electron chi connectivity index (χ4n) is 1.64. The normalized spacial score (nSPS) is 10.7. The minimum atomic E-state index is 0.123. The second kappa shape index (κ2) is 5.23. The first-order valence-corrected chi connectivity index (χ1v) is 6.54. The molecular formula is C12H15N3OS. The van der Waals surface area contributed by atoms with Gasteiger partial charge in [-0.25, -0.2) is 9.67 Å². The number of carbonyl (C=O) groups excluding carboxylic acids is 1. The second-order valence-corrected chi connectivity index (χ2v) is 4.88. The summed E-state index contributed by atoms with van der Waals surface area (Å²) >= 11 is 1.57. The van der Waals surface area contributed by atoms with E-state index in [-0.39, 0.29) is 5.78 Å². The maximum Gasteiger partial charge on any atom is 0.180 e. The Bertz CT molecular complexity index is 515. The summed E-state index contributed by atoms with van der Waals surface area (Å²) < 4.78 is 1.76. The molecular weight excluding hydrogens is 234 g/mol. The molecule has 0 N–H and O–H groups in total. The van der Waals surface area contributed by atoms with Gasteiger partial charge in [0, 0.05) is 11.4 Å². The first kappa shape index (κ1) is 12.0. The zero-order chi connectivity index (χ0) is 12.3. The molecule has 0 bridgehead atoms. The highest BCUT2D eigenvalue weighted by molar-refractivity contribution is 7.14. The Balaban J connectivity index is 2.11. The number of rotatable bonds is 5. The minimum absolute atomic E-state index is 0.123. The molecule has 0 spiro atoms. The van der Waals surface area contributed by atoms with Crippen molar-refractivity contribution in [2.45, 2.75) is 33.2 Å². The van der Waals surface area contributed by atoms with E-state index in [9.17, 15) is 4.79 Å². The lowest BCUT2D eigenvalue weighted by Gasteiger charge is -2.00. The Labute approximate surface area is 104 Å².